The van der Waals surface area contributed by atoms with Crippen LogP contribution in [0.3, 0.4) is 0 Å². The van der Waals surface area contributed by atoms with Crippen LogP contribution in [0, 0.1) is 0 Å². The smallest absolute Gasteiger partial charge is 0.306 e. The molecule has 0 saturated heterocycles. The van der Waals surface area contributed by atoms with Gasteiger partial charge >= 0.3 is 17.9 Å². The molecule has 1 atom stereocenters. The second-order valence-electron chi connectivity index (χ2n) is 16.5. The van der Waals surface area contributed by atoms with Gasteiger partial charge in [-0.3, -0.25) is 14.4 Å². The van der Waals surface area contributed by atoms with Gasteiger partial charge in [-0.1, -0.05) is 240 Å². The Kier molecular flexibility index (Phi) is 47.0. The molecule has 6 heteroatoms. The maximum Gasteiger partial charge on any atom is 0.306 e. The molecule has 0 bridgehead atoms. The van der Waals surface area contributed by atoms with Crippen LogP contribution in [0.1, 0.15) is 220 Å². The van der Waals surface area contributed by atoms with Crippen molar-refractivity contribution in [3.05, 3.63) is 97.2 Å². The van der Waals surface area contributed by atoms with Crippen molar-refractivity contribution in [1.82, 2.24) is 0 Å². The van der Waals surface area contributed by atoms with E-state index in [4.69, 9.17) is 14.2 Å². The highest BCUT2D eigenvalue weighted by Crippen LogP contribution is 2.15. The molecule has 0 aromatic carbocycles. The third-order valence-electron chi connectivity index (χ3n) is 10.5. The van der Waals surface area contributed by atoms with Crippen LogP contribution in [0.5, 0.6) is 0 Å². The van der Waals surface area contributed by atoms with Crippen LogP contribution < -0.4 is 0 Å². The predicted octanol–water partition coefficient (Wildman–Crippen LogP) is 16.6. The van der Waals surface area contributed by atoms with E-state index in [1.165, 1.54) is 96.3 Å². The summed E-state index contributed by atoms with van der Waals surface area (Å²) >= 11 is 0. The van der Waals surface area contributed by atoms with E-state index in [1.54, 1.807) is 0 Å². The monoisotopic (exact) mass is 861 g/mol. The molecule has 0 aliphatic carbocycles. The molecule has 0 heterocycles. The van der Waals surface area contributed by atoms with Crippen molar-refractivity contribution in [2.24, 2.45) is 0 Å². The topological polar surface area (TPSA) is 78.9 Å². The van der Waals surface area contributed by atoms with Gasteiger partial charge in [0.15, 0.2) is 6.10 Å². The molecular formula is C56H92O6. The van der Waals surface area contributed by atoms with Crippen molar-refractivity contribution in [2.45, 2.75) is 226 Å². The second kappa shape index (κ2) is 50.0. The Morgan fingerprint density at radius 3 is 1.05 bits per heavy atom. The average molecular weight is 861 g/mol. The molecule has 0 aromatic rings. The lowest BCUT2D eigenvalue weighted by Gasteiger charge is -2.18. The summed E-state index contributed by atoms with van der Waals surface area (Å²) < 4.78 is 16.7. The van der Waals surface area contributed by atoms with E-state index in [1.807, 2.05) is 60.8 Å². The van der Waals surface area contributed by atoms with E-state index in [0.29, 0.717) is 19.3 Å². The zero-order chi connectivity index (χ0) is 45.1. The fourth-order valence-electron chi connectivity index (χ4n) is 6.69. The number of carbonyl (C=O) groups is 3. The minimum atomic E-state index is -0.805. The van der Waals surface area contributed by atoms with Gasteiger partial charge in [0, 0.05) is 19.3 Å². The molecule has 0 radical (unpaired) electrons. The lowest BCUT2D eigenvalue weighted by molar-refractivity contribution is -0.167. The normalized spacial score (nSPS) is 12.9. The van der Waals surface area contributed by atoms with Crippen molar-refractivity contribution in [2.75, 3.05) is 13.2 Å². The average Bonchev–Trinajstić information content (AvgIpc) is 3.27. The quantitative estimate of drug-likeness (QED) is 0.0263. The molecule has 352 valence electrons. The first-order valence-electron chi connectivity index (χ1n) is 25.3. The first kappa shape index (κ1) is 58.3. The van der Waals surface area contributed by atoms with Gasteiger partial charge in [-0.05, 0) is 57.8 Å². The Bertz CT molecular complexity index is 1260. The predicted molar refractivity (Wildman–Crippen MR) is 265 cm³/mol. The number of hydrogen-bond donors (Lipinski definition) is 0. The van der Waals surface area contributed by atoms with Crippen molar-refractivity contribution in [1.29, 1.82) is 0 Å². The van der Waals surface area contributed by atoms with Gasteiger partial charge < -0.3 is 14.2 Å². The van der Waals surface area contributed by atoms with Crippen LogP contribution in [0.25, 0.3) is 0 Å². The number of unbranched alkanes of at least 4 members (excludes halogenated alkanes) is 23. The van der Waals surface area contributed by atoms with Crippen LogP contribution in [-0.4, -0.2) is 37.2 Å². The first-order chi connectivity index (χ1) is 30.5. The van der Waals surface area contributed by atoms with E-state index in [2.05, 4.69) is 57.2 Å². The molecule has 0 rings (SSSR count). The maximum absolute atomic E-state index is 12.8. The highest BCUT2D eigenvalue weighted by molar-refractivity contribution is 5.71. The summed E-state index contributed by atoms with van der Waals surface area (Å²) in [6, 6.07) is 0. The van der Waals surface area contributed by atoms with Crippen molar-refractivity contribution in [3.8, 4) is 0 Å². The van der Waals surface area contributed by atoms with Crippen LogP contribution >= 0.6 is 0 Å². The number of hydrogen-bond acceptors (Lipinski definition) is 6. The van der Waals surface area contributed by atoms with E-state index < -0.39 is 6.10 Å². The number of esters is 3. The Balaban J connectivity index is 4.49. The zero-order valence-corrected chi connectivity index (χ0v) is 40.1. The lowest BCUT2D eigenvalue weighted by atomic mass is 10.0. The van der Waals surface area contributed by atoms with Crippen LogP contribution in [0.15, 0.2) is 97.2 Å². The van der Waals surface area contributed by atoms with Gasteiger partial charge in [0.05, 0.1) is 0 Å². The fourth-order valence-corrected chi connectivity index (χ4v) is 6.69. The summed E-state index contributed by atoms with van der Waals surface area (Å²) in [5.74, 6) is -0.977. The van der Waals surface area contributed by atoms with Gasteiger partial charge in [-0.25, -0.2) is 0 Å². The van der Waals surface area contributed by atoms with Crippen LogP contribution in [0.2, 0.25) is 0 Å². The summed E-state index contributed by atoms with van der Waals surface area (Å²) in [4.78, 5) is 37.9. The molecule has 0 saturated carbocycles. The van der Waals surface area contributed by atoms with Gasteiger partial charge in [-0.2, -0.15) is 0 Å². The molecule has 0 spiro atoms. The molecule has 0 aliphatic rings. The minimum absolute atomic E-state index is 0.106. The Labute approximate surface area is 381 Å². The number of ether oxygens (including phenoxy) is 3. The van der Waals surface area contributed by atoms with E-state index in [-0.39, 0.29) is 31.1 Å². The maximum atomic E-state index is 12.8. The third kappa shape index (κ3) is 47.4. The van der Waals surface area contributed by atoms with Crippen LogP contribution in [0.4, 0.5) is 0 Å². The molecule has 0 amide bonds. The highest BCUT2D eigenvalue weighted by Gasteiger charge is 2.19. The molecule has 1 unspecified atom stereocenters. The van der Waals surface area contributed by atoms with Crippen molar-refractivity contribution in [3.63, 3.8) is 0 Å². The molecule has 0 aliphatic heterocycles. The van der Waals surface area contributed by atoms with Gasteiger partial charge in [0.1, 0.15) is 13.2 Å². The molecule has 0 N–H and O–H groups in total. The van der Waals surface area contributed by atoms with Gasteiger partial charge in [0.2, 0.25) is 0 Å². The highest BCUT2D eigenvalue weighted by atomic mass is 16.6. The second-order valence-corrected chi connectivity index (χ2v) is 16.5. The van der Waals surface area contributed by atoms with Crippen LogP contribution in [-0.2, 0) is 28.6 Å². The Morgan fingerprint density at radius 2 is 0.645 bits per heavy atom. The van der Waals surface area contributed by atoms with Gasteiger partial charge in [-0.15, -0.1) is 0 Å². The van der Waals surface area contributed by atoms with E-state index in [9.17, 15) is 14.4 Å². The fraction of sp³-hybridized carbons (Fsp3) is 0.661. The Morgan fingerprint density at radius 1 is 0.339 bits per heavy atom. The first-order valence-corrected chi connectivity index (χ1v) is 25.3. The molecule has 6 nitrogen and oxygen atoms in total. The summed E-state index contributed by atoms with van der Waals surface area (Å²) in [5, 5.41) is 0. The molecular weight excluding hydrogens is 769 g/mol. The van der Waals surface area contributed by atoms with Crippen molar-refractivity contribution >= 4 is 17.9 Å². The Hall–Kier alpha value is -3.67. The minimum Gasteiger partial charge on any atom is -0.462 e. The summed E-state index contributed by atoms with van der Waals surface area (Å²) in [6.45, 7) is 6.37. The summed E-state index contributed by atoms with van der Waals surface area (Å²) in [7, 11) is 0. The van der Waals surface area contributed by atoms with Crippen molar-refractivity contribution < 1.29 is 28.6 Å². The number of carbonyl (C=O) groups excluding carboxylic acids is 3. The number of allylic oxidation sites excluding steroid dienone is 16. The third-order valence-corrected chi connectivity index (χ3v) is 10.5. The van der Waals surface area contributed by atoms with E-state index in [0.717, 1.165) is 83.5 Å². The SMILES string of the molecule is CC\C=C/C=C\C=C/C=C\C=C\C=C/CCCCCC(=O)OCC(COC(=O)CCCCC/C=C\C=C/CCCC)OC(=O)CCCCCCCCCCCCCCCCCC. The lowest BCUT2D eigenvalue weighted by Crippen LogP contribution is -2.30. The summed E-state index contributed by atoms with van der Waals surface area (Å²) in [5.41, 5.74) is 0. The summed E-state index contributed by atoms with van der Waals surface area (Å²) in [6.07, 6.45) is 65.3. The molecule has 0 fully saturated rings. The standard InChI is InChI=1S/C56H92O6/c1-4-7-10-13-16-19-22-24-26-28-30-31-34-37-40-43-46-49-55(58)61-52-53(51-60-54(57)48-45-42-39-36-33-21-18-15-12-9-6-3)62-56(59)50-47-44-41-38-35-32-29-27-25-23-20-17-14-11-8-5-2/h7,10,13,15-16,18-19,21-22,24,26,28,30-31,33-34,53H,4-6,8-9,11-12,14,17,20,23,25,27,29,32,35-52H2,1-3H3/b10-7-,16-13-,18-15-,22-19-,26-24-,30-28+,33-21-,34-31-. The van der Waals surface area contributed by atoms with Gasteiger partial charge in [0.25, 0.3) is 0 Å². The number of rotatable bonds is 44. The molecule has 0 aromatic heterocycles. The molecule has 62 heavy (non-hydrogen) atoms. The van der Waals surface area contributed by atoms with E-state index >= 15 is 0 Å². The largest absolute Gasteiger partial charge is 0.462 e. The zero-order valence-electron chi connectivity index (χ0n) is 40.1.